The third-order valence-corrected chi connectivity index (χ3v) is 7.40. The van der Waals surface area contributed by atoms with Crippen molar-refractivity contribution < 1.29 is 30.5 Å². The first-order valence-electron chi connectivity index (χ1n) is 10.7. The fourth-order valence-electron chi connectivity index (χ4n) is 3.40. The second-order valence-electron chi connectivity index (χ2n) is 7.96. The van der Waals surface area contributed by atoms with Crippen molar-refractivity contribution in [3.05, 3.63) is 71.9 Å². The highest BCUT2D eigenvalue weighted by Crippen LogP contribution is 2.22. The highest BCUT2D eigenvalue weighted by molar-refractivity contribution is 7.89. The van der Waals surface area contributed by atoms with Crippen LogP contribution in [0, 0.1) is 0 Å². The predicted molar refractivity (Wildman–Crippen MR) is 130 cm³/mol. The van der Waals surface area contributed by atoms with Crippen molar-refractivity contribution in [3.8, 4) is 11.5 Å². The van der Waals surface area contributed by atoms with Gasteiger partial charge in [-0.05, 0) is 48.4 Å². The molecule has 12 heteroatoms. The summed E-state index contributed by atoms with van der Waals surface area (Å²) in [6.07, 6.45) is 1.72. The van der Waals surface area contributed by atoms with E-state index < -0.39 is 26.2 Å². The molecule has 3 rings (SSSR count). The van der Waals surface area contributed by atoms with Crippen LogP contribution in [0.2, 0.25) is 0 Å². The summed E-state index contributed by atoms with van der Waals surface area (Å²) in [6.45, 7) is 1.85. The van der Waals surface area contributed by atoms with E-state index in [0.29, 0.717) is 11.5 Å². The van der Waals surface area contributed by atoms with E-state index in [2.05, 4.69) is 5.10 Å². The maximum atomic E-state index is 13.6. The van der Waals surface area contributed by atoms with Gasteiger partial charge in [0.25, 0.3) is 20.1 Å². The van der Waals surface area contributed by atoms with Crippen LogP contribution in [0.25, 0.3) is 0 Å². The van der Waals surface area contributed by atoms with Crippen LogP contribution in [0.15, 0.2) is 65.8 Å². The molecule has 0 spiro atoms. The fraction of sp³-hybridized carbons (Fsp3) is 0.348. The molecule has 35 heavy (non-hydrogen) atoms. The monoisotopic (exact) mass is 523 g/mol. The van der Waals surface area contributed by atoms with Crippen LogP contribution in [0.1, 0.15) is 18.1 Å². The lowest BCUT2D eigenvalue weighted by atomic mass is 10.2. The minimum atomic E-state index is -4.00. The normalized spacial score (nSPS) is 13.1. The number of aromatic nitrogens is 2. The van der Waals surface area contributed by atoms with Crippen molar-refractivity contribution in [1.29, 1.82) is 0 Å². The number of methoxy groups -OCH3 is 2. The maximum absolute atomic E-state index is 13.6. The zero-order valence-corrected chi connectivity index (χ0v) is 21.6. The van der Waals surface area contributed by atoms with Gasteiger partial charge < -0.3 is 9.47 Å². The van der Waals surface area contributed by atoms with Crippen molar-refractivity contribution >= 4 is 20.1 Å². The first-order valence-corrected chi connectivity index (χ1v) is 13.9. The second kappa shape index (κ2) is 11.2. The summed E-state index contributed by atoms with van der Waals surface area (Å²) in [7, 11) is -4.52. The SMILES string of the molecule is COc1ccc(CN(Cc2ccc(OC)cc2)S(=O)(=O)c2ccn(CC(C)OS(C)(=O)=O)n2)cc1. The molecule has 0 aliphatic heterocycles. The Labute approximate surface area is 206 Å². The molecule has 2 aromatic carbocycles. The van der Waals surface area contributed by atoms with E-state index in [4.69, 9.17) is 13.7 Å². The highest BCUT2D eigenvalue weighted by atomic mass is 32.2. The van der Waals surface area contributed by atoms with E-state index in [1.807, 2.05) is 0 Å². The Morgan fingerprint density at radius 1 is 0.857 bits per heavy atom. The number of benzene rings is 2. The summed E-state index contributed by atoms with van der Waals surface area (Å²) in [5, 5.41) is 4.04. The second-order valence-corrected chi connectivity index (χ2v) is 11.4. The summed E-state index contributed by atoms with van der Waals surface area (Å²) in [5.74, 6) is 1.34. The zero-order valence-electron chi connectivity index (χ0n) is 20.0. The predicted octanol–water partition coefficient (Wildman–Crippen LogP) is 2.66. The molecule has 0 aliphatic carbocycles. The lowest BCUT2D eigenvalue weighted by molar-refractivity contribution is 0.202. The van der Waals surface area contributed by atoms with Crippen molar-refractivity contribution in [1.82, 2.24) is 14.1 Å². The molecule has 0 N–H and O–H groups in total. The van der Waals surface area contributed by atoms with Gasteiger partial charge in [-0.2, -0.15) is 17.8 Å². The molecule has 0 fully saturated rings. The highest BCUT2D eigenvalue weighted by Gasteiger charge is 2.28. The summed E-state index contributed by atoms with van der Waals surface area (Å²) in [5.41, 5.74) is 1.55. The molecule has 0 aliphatic rings. The number of hydrogen-bond acceptors (Lipinski definition) is 8. The first kappa shape index (κ1) is 26.7. The van der Waals surface area contributed by atoms with Crippen LogP contribution in [0.3, 0.4) is 0 Å². The molecule has 0 amide bonds. The first-order chi connectivity index (χ1) is 16.5. The van der Waals surface area contributed by atoms with E-state index in [0.717, 1.165) is 17.4 Å². The standard InChI is InChI=1S/C23H29N3O7S2/c1-18(33-34(4,27)28)15-25-14-13-23(24-25)35(29,30)26(16-19-5-9-21(31-2)10-6-19)17-20-7-11-22(32-3)12-8-20/h5-14,18H,15-17H2,1-4H3. The fourth-order valence-corrected chi connectivity index (χ4v) is 5.40. The van der Waals surface area contributed by atoms with Crippen LogP contribution in [0.4, 0.5) is 0 Å². The van der Waals surface area contributed by atoms with Crippen LogP contribution in [-0.2, 0) is 44.0 Å². The zero-order chi connectivity index (χ0) is 25.6. The smallest absolute Gasteiger partial charge is 0.264 e. The average Bonchev–Trinajstić information content (AvgIpc) is 3.27. The summed E-state index contributed by atoms with van der Waals surface area (Å²) >= 11 is 0. The van der Waals surface area contributed by atoms with Gasteiger partial charge in [0.1, 0.15) is 11.5 Å². The van der Waals surface area contributed by atoms with Gasteiger partial charge in [0.05, 0.1) is 33.1 Å². The topological polar surface area (TPSA) is 117 Å². The quantitative estimate of drug-likeness (QED) is 0.333. The Balaban J connectivity index is 1.87. The third kappa shape index (κ3) is 7.52. The van der Waals surface area contributed by atoms with Crippen LogP contribution < -0.4 is 9.47 Å². The van der Waals surface area contributed by atoms with Gasteiger partial charge in [-0.3, -0.25) is 8.86 Å². The number of nitrogens with zero attached hydrogens (tertiary/aromatic N) is 3. The van der Waals surface area contributed by atoms with Gasteiger partial charge in [-0.15, -0.1) is 0 Å². The minimum Gasteiger partial charge on any atom is -0.497 e. The Hall–Kier alpha value is -2.93. The van der Waals surface area contributed by atoms with Gasteiger partial charge >= 0.3 is 0 Å². The van der Waals surface area contributed by atoms with Crippen molar-refractivity contribution in [2.75, 3.05) is 20.5 Å². The molecular formula is C23H29N3O7S2. The van der Waals surface area contributed by atoms with Crippen molar-refractivity contribution in [3.63, 3.8) is 0 Å². The molecular weight excluding hydrogens is 494 g/mol. The van der Waals surface area contributed by atoms with Crippen LogP contribution in [0.5, 0.6) is 11.5 Å². The van der Waals surface area contributed by atoms with Crippen LogP contribution in [-0.4, -0.2) is 57.5 Å². The van der Waals surface area contributed by atoms with E-state index in [9.17, 15) is 16.8 Å². The third-order valence-electron chi connectivity index (χ3n) is 5.04. The largest absolute Gasteiger partial charge is 0.497 e. The van der Waals surface area contributed by atoms with Gasteiger partial charge in [-0.1, -0.05) is 24.3 Å². The average molecular weight is 524 g/mol. The Morgan fingerprint density at radius 3 is 1.77 bits per heavy atom. The molecule has 0 bridgehead atoms. The summed E-state index contributed by atoms with van der Waals surface area (Å²) < 4.78 is 67.8. The Morgan fingerprint density at radius 2 is 1.34 bits per heavy atom. The summed E-state index contributed by atoms with van der Waals surface area (Å²) in [4.78, 5) is 0. The number of sulfonamides is 1. The maximum Gasteiger partial charge on any atom is 0.264 e. The van der Waals surface area contributed by atoms with Gasteiger partial charge in [0.2, 0.25) is 0 Å². The van der Waals surface area contributed by atoms with E-state index in [-0.39, 0.29) is 24.7 Å². The Kier molecular flexibility index (Phi) is 8.54. The van der Waals surface area contributed by atoms with Crippen molar-refractivity contribution in [2.45, 2.75) is 37.7 Å². The number of ether oxygens (including phenoxy) is 2. The molecule has 0 saturated carbocycles. The van der Waals surface area contributed by atoms with Gasteiger partial charge in [0.15, 0.2) is 5.03 Å². The molecule has 1 unspecified atom stereocenters. The number of rotatable bonds is 12. The molecule has 1 atom stereocenters. The van der Waals surface area contributed by atoms with Gasteiger partial charge in [-0.25, -0.2) is 8.42 Å². The molecule has 0 saturated heterocycles. The molecule has 0 radical (unpaired) electrons. The molecule has 1 aromatic heterocycles. The minimum absolute atomic E-state index is 0.0690. The lowest BCUT2D eigenvalue weighted by Gasteiger charge is -2.22. The summed E-state index contributed by atoms with van der Waals surface area (Å²) in [6, 6.07) is 15.7. The van der Waals surface area contributed by atoms with Crippen LogP contribution >= 0.6 is 0 Å². The molecule has 3 aromatic rings. The van der Waals surface area contributed by atoms with Crippen molar-refractivity contribution in [2.24, 2.45) is 0 Å². The molecule has 10 nitrogen and oxygen atoms in total. The van der Waals surface area contributed by atoms with E-state index >= 15 is 0 Å². The lowest BCUT2D eigenvalue weighted by Crippen LogP contribution is -2.31. The molecule has 1 heterocycles. The Bertz CT molecular complexity index is 1270. The van der Waals surface area contributed by atoms with E-state index in [1.54, 1.807) is 69.7 Å². The van der Waals surface area contributed by atoms with Gasteiger partial charge in [0, 0.05) is 19.3 Å². The number of hydrogen-bond donors (Lipinski definition) is 0. The van der Waals surface area contributed by atoms with E-state index in [1.165, 1.54) is 21.3 Å². The molecule has 190 valence electrons.